The van der Waals surface area contributed by atoms with Gasteiger partial charge in [-0.25, -0.2) is 0 Å². The maximum absolute atomic E-state index is 10.3. The first kappa shape index (κ1) is 9.37. The molecule has 0 spiro atoms. The number of aliphatic hydroxyl groups is 1. The van der Waals surface area contributed by atoms with Crippen LogP contribution >= 0.6 is 0 Å². The van der Waals surface area contributed by atoms with Gasteiger partial charge in [-0.2, -0.15) is 0 Å². The van der Waals surface area contributed by atoms with E-state index in [2.05, 4.69) is 6.58 Å². The van der Waals surface area contributed by atoms with Crippen LogP contribution in [-0.4, -0.2) is 18.0 Å². The molecule has 0 saturated heterocycles. The summed E-state index contributed by atoms with van der Waals surface area (Å²) in [4.78, 5) is 10.3. The van der Waals surface area contributed by atoms with Crippen LogP contribution in [0.15, 0.2) is 12.7 Å². The van der Waals surface area contributed by atoms with Crippen LogP contribution in [0.1, 0.15) is 19.3 Å². The molecule has 0 aromatic heterocycles. The Kier molecular flexibility index (Phi) is 6.08. The largest absolute Gasteiger partial charge is 0.396 e. The summed E-state index contributed by atoms with van der Waals surface area (Å²) < 4.78 is 0. The highest BCUT2D eigenvalue weighted by molar-refractivity contribution is 5.53. The van der Waals surface area contributed by atoms with Crippen molar-refractivity contribution in [3.8, 4) is 0 Å². The van der Waals surface area contributed by atoms with Gasteiger partial charge in [-0.1, -0.05) is 6.08 Å². The standard InChI is InChI=1S/C8H14O2/c1-2-4-8(7-10)5-3-6-9/h2,7-9H,1,3-6H2. The average molecular weight is 142 g/mol. The Labute approximate surface area is 61.6 Å². The van der Waals surface area contributed by atoms with Crippen LogP contribution < -0.4 is 0 Å². The SMILES string of the molecule is C=CCC(C=O)CCCO. The molecule has 0 aliphatic rings. The van der Waals surface area contributed by atoms with Gasteiger partial charge in [0.05, 0.1) is 0 Å². The molecule has 0 fully saturated rings. The number of aldehydes is 1. The Morgan fingerprint density at radius 2 is 2.30 bits per heavy atom. The van der Waals surface area contributed by atoms with Gasteiger partial charge in [-0.15, -0.1) is 6.58 Å². The lowest BCUT2D eigenvalue weighted by atomic mass is 10.0. The molecular weight excluding hydrogens is 128 g/mol. The Hall–Kier alpha value is -0.630. The number of carbonyl (C=O) groups is 1. The van der Waals surface area contributed by atoms with Gasteiger partial charge in [-0.3, -0.25) is 0 Å². The first-order valence-corrected chi connectivity index (χ1v) is 3.52. The maximum Gasteiger partial charge on any atom is 0.123 e. The van der Waals surface area contributed by atoms with Crippen molar-refractivity contribution in [3.05, 3.63) is 12.7 Å². The van der Waals surface area contributed by atoms with Crippen molar-refractivity contribution in [3.63, 3.8) is 0 Å². The summed E-state index contributed by atoms with van der Waals surface area (Å²) in [5.74, 6) is 0.0599. The quantitative estimate of drug-likeness (QED) is 0.446. The van der Waals surface area contributed by atoms with Gasteiger partial charge in [0.2, 0.25) is 0 Å². The Morgan fingerprint density at radius 1 is 1.60 bits per heavy atom. The summed E-state index contributed by atoms with van der Waals surface area (Å²) in [5, 5.41) is 8.44. The van der Waals surface area contributed by atoms with Crippen molar-refractivity contribution in [2.75, 3.05) is 6.61 Å². The molecule has 1 N–H and O–H groups in total. The second kappa shape index (κ2) is 6.49. The molecule has 0 aliphatic carbocycles. The minimum Gasteiger partial charge on any atom is -0.396 e. The number of allylic oxidation sites excluding steroid dienone is 1. The molecule has 0 aromatic carbocycles. The van der Waals surface area contributed by atoms with Crippen LogP contribution in [0.2, 0.25) is 0 Å². The van der Waals surface area contributed by atoms with E-state index in [0.29, 0.717) is 6.42 Å². The number of hydrogen-bond acceptors (Lipinski definition) is 2. The third-order valence-corrected chi connectivity index (χ3v) is 1.39. The van der Waals surface area contributed by atoms with Crippen molar-refractivity contribution < 1.29 is 9.90 Å². The monoisotopic (exact) mass is 142 g/mol. The zero-order chi connectivity index (χ0) is 7.82. The molecule has 0 rings (SSSR count). The zero-order valence-electron chi connectivity index (χ0n) is 6.12. The van der Waals surface area contributed by atoms with Gasteiger partial charge < -0.3 is 9.90 Å². The average Bonchev–Trinajstić information content (AvgIpc) is 1.98. The number of rotatable bonds is 6. The predicted molar refractivity (Wildman–Crippen MR) is 40.7 cm³/mol. The summed E-state index contributed by atoms with van der Waals surface area (Å²) in [6, 6.07) is 0. The van der Waals surface area contributed by atoms with E-state index in [-0.39, 0.29) is 12.5 Å². The first-order valence-electron chi connectivity index (χ1n) is 3.52. The second-order valence-electron chi connectivity index (χ2n) is 2.29. The van der Waals surface area contributed by atoms with E-state index in [0.717, 1.165) is 19.1 Å². The molecule has 2 nitrogen and oxygen atoms in total. The predicted octanol–water partition coefficient (Wildman–Crippen LogP) is 1.15. The topological polar surface area (TPSA) is 37.3 Å². The molecule has 0 heterocycles. The highest BCUT2D eigenvalue weighted by atomic mass is 16.2. The minimum absolute atomic E-state index is 0.0599. The Bertz CT molecular complexity index is 99.4. The van der Waals surface area contributed by atoms with Crippen molar-refractivity contribution in [1.82, 2.24) is 0 Å². The summed E-state index contributed by atoms with van der Waals surface area (Å²) in [5.41, 5.74) is 0. The van der Waals surface area contributed by atoms with E-state index in [1.807, 2.05) is 0 Å². The van der Waals surface area contributed by atoms with Gasteiger partial charge in [0.1, 0.15) is 6.29 Å². The van der Waals surface area contributed by atoms with Crippen molar-refractivity contribution >= 4 is 6.29 Å². The van der Waals surface area contributed by atoms with Crippen LogP contribution in [0.5, 0.6) is 0 Å². The molecule has 0 aromatic rings. The minimum atomic E-state index is 0.0599. The van der Waals surface area contributed by atoms with Crippen LogP contribution in [-0.2, 0) is 4.79 Å². The highest BCUT2D eigenvalue weighted by Crippen LogP contribution is 2.07. The molecule has 0 radical (unpaired) electrons. The van der Waals surface area contributed by atoms with E-state index < -0.39 is 0 Å². The zero-order valence-corrected chi connectivity index (χ0v) is 6.12. The van der Waals surface area contributed by atoms with E-state index in [4.69, 9.17) is 5.11 Å². The van der Waals surface area contributed by atoms with Gasteiger partial charge >= 0.3 is 0 Å². The molecule has 0 bridgehead atoms. The smallest absolute Gasteiger partial charge is 0.123 e. The van der Waals surface area contributed by atoms with E-state index in [1.54, 1.807) is 6.08 Å². The van der Waals surface area contributed by atoms with E-state index in [1.165, 1.54) is 0 Å². The van der Waals surface area contributed by atoms with Crippen LogP contribution in [0.3, 0.4) is 0 Å². The molecule has 2 heteroatoms. The van der Waals surface area contributed by atoms with Crippen molar-refractivity contribution in [2.45, 2.75) is 19.3 Å². The molecule has 0 saturated carbocycles. The highest BCUT2D eigenvalue weighted by Gasteiger charge is 2.02. The van der Waals surface area contributed by atoms with Gasteiger partial charge in [0, 0.05) is 12.5 Å². The fourth-order valence-electron chi connectivity index (χ4n) is 0.809. The molecule has 58 valence electrons. The summed E-state index contributed by atoms with van der Waals surface area (Å²) in [6.07, 6.45) is 4.86. The van der Waals surface area contributed by atoms with Crippen molar-refractivity contribution in [2.24, 2.45) is 5.92 Å². The van der Waals surface area contributed by atoms with Crippen LogP contribution in [0.4, 0.5) is 0 Å². The molecule has 10 heavy (non-hydrogen) atoms. The fraction of sp³-hybridized carbons (Fsp3) is 0.625. The summed E-state index contributed by atoms with van der Waals surface area (Å²) in [6.45, 7) is 3.70. The maximum atomic E-state index is 10.3. The van der Waals surface area contributed by atoms with Gasteiger partial charge in [0.25, 0.3) is 0 Å². The first-order chi connectivity index (χ1) is 4.85. The summed E-state index contributed by atoms with van der Waals surface area (Å²) >= 11 is 0. The van der Waals surface area contributed by atoms with Gasteiger partial charge in [-0.05, 0) is 19.3 Å². The molecule has 1 unspecified atom stereocenters. The van der Waals surface area contributed by atoms with Crippen LogP contribution in [0, 0.1) is 5.92 Å². The molecular formula is C8H14O2. The molecule has 0 aliphatic heterocycles. The second-order valence-corrected chi connectivity index (χ2v) is 2.29. The third-order valence-electron chi connectivity index (χ3n) is 1.39. The lowest BCUT2D eigenvalue weighted by molar-refractivity contribution is -0.111. The van der Waals surface area contributed by atoms with Crippen molar-refractivity contribution in [1.29, 1.82) is 0 Å². The number of carbonyl (C=O) groups excluding carboxylic acids is 1. The fourth-order valence-corrected chi connectivity index (χ4v) is 0.809. The number of aliphatic hydroxyl groups excluding tert-OH is 1. The number of hydrogen-bond donors (Lipinski definition) is 1. The van der Waals surface area contributed by atoms with Crippen LogP contribution in [0.25, 0.3) is 0 Å². The van der Waals surface area contributed by atoms with E-state index >= 15 is 0 Å². The normalized spacial score (nSPS) is 12.5. The lowest BCUT2D eigenvalue weighted by Crippen LogP contribution is -2.01. The summed E-state index contributed by atoms with van der Waals surface area (Å²) in [7, 11) is 0. The van der Waals surface area contributed by atoms with Gasteiger partial charge in [0.15, 0.2) is 0 Å². The lowest BCUT2D eigenvalue weighted by Gasteiger charge is -2.03. The Balaban J connectivity index is 3.38. The molecule has 0 amide bonds. The Morgan fingerprint density at radius 3 is 2.70 bits per heavy atom. The van der Waals surface area contributed by atoms with E-state index in [9.17, 15) is 4.79 Å². The third kappa shape index (κ3) is 4.27. The molecule has 1 atom stereocenters.